The molecule has 1 atom stereocenters. The van der Waals surface area contributed by atoms with E-state index in [4.69, 9.17) is 4.74 Å². The average Bonchev–Trinajstić information content (AvgIpc) is 2.41. The Labute approximate surface area is 122 Å². The Morgan fingerprint density at radius 3 is 2.48 bits per heavy atom. The van der Waals surface area contributed by atoms with E-state index in [1.165, 1.54) is 0 Å². The van der Waals surface area contributed by atoms with Crippen LogP contribution in [0.4, 0.5) is 17.6 Å². The summed E-state index contributed by atoms with van der Waals surface area (Å²) >= 11 is 0. The van der Waals surface area contributed by atoms with Gasteiger partial charge in [0.1, 0.15) is 6.61 Å². The fourth-order valence-electron chi connectivity index (χ4n) is 1.98. The maximum absolute atomic E-state index is 12.8. The largest absolute Gasteiger partial charge is 0.373 e. The minimum absolute atomic E-state index is 0.0372. The zero-order chi connectivity index (χ0) is 15.9. The molecule has 0 heterocycles. The minimum Gasteiger partial charge on any atom is -0.373 e. The highest BCUT2D eigenvalue weighted by atomic mass is 19.3. The molecule has 21 heavy (non-hydrogen) atoms. The zero-order valence-corrected chi connectivity index (χ0v) is 12.2. The SMILES string of the molecule is CCNC(COCC(F)(F)C(F)F)Cc1ccccc1C. The fraction of sp³-hybridized carbons (Fsp3) is 0.600. The van der Waals surface area contributed by atoms with Crippen LogP contribution in [-0.2, 0) is 11.2 Å². The molecule has 0 aliphatic rings. The Bertz CT molecular complexity index is 426. The highest BCUT2D eigenvalue weighted by molar-refractivity contribution is 5.26. The lowest BCUT2D eigenvalue weighted by Crippen LogP contribution is -2.39. The van der Waals surface area contributed by atoms with E-state index in [2.05, 4.69) is 5.32 Å². The second-order valence-electron chi connectivity index (χ2n) is 4.96. The van der Waals surface area contributed by atoms with Gasteiger partial charge in [0.05, 0.1) is 6.61 Å². The highest BCUT2D eigenvalue weighted by Gasteiger charge is 2.41. The summed E-state index contributed by atoms with van der Waals surface area (Å²) in [5.41, 5.74) is 2.17. The average molecular weight is 307 g/mol. The fourth-order valence-corrected chi connectivity index (χ4v) is 1.98. The summed E-state index contributed by atoms with van der Waals surface area (Å²) in [4.78, 5) is 0. The first-order chi connectivity index (χ1) is 9.86. The topological polar surface area (TPSA) is 21.3 Å². The molecule has 0 radical (unpaired) electrons. The van der Waals surface area contributed by atoms with Gasteiger partial charge in [-0.1, -0.05) is 31.2 Å². The molecule has 2 nitrogen and oxygen atoms in total. The predicted octanol–water partition coefficient (Wildman–Crippen LogP) is 3.43. The lowest BCUT2D eigenvalue weighted by Gasteiger charge is -2.21. The molecule has 0 aliphatic heterocycles. The van der Waals surface area contributed by atoms with Crippen molar-refractivity contribution in [3.8, 4) is 0 Å². The summed E-state index contributed by atoms with van der Waals surface area (Å²) in [6.45, 7) is 3.19. The molecule has 0 spiro atoms. The van der Waals surface area contributed by atoms with E-state index < -0.39 is 19.0 Å². The van der Waals surface area contributed by atoms with Crippen molar-refractivity contribution >= 4 is 0 Å². The second kappa shape index (κ2) is 8.34. The molecule has 0 fully saturated rings. The van der Waals surface area contributed by atoms with Crippen LogP contribution in [0.3, 0.4) is 0 Å². The van der Waals surface area contributed by atoms with Crippen molar-refractivity contribution in [3.05, 3.63) is 35.4 Å². The number of rotatable bonds is 9. The van der Waals surface area contributed by atoms with Gasteiger partial charge < -0.3 is 10.1 Å². The van der Waals surface area contributed by atoms with E-state index >= 15 is 0 Å². The maximum Gasteiger partial charge on any atom is 0.330 e. The number of ether oxygens (including phenoxy) is 1. The van der Waals surface area contributed by atoms with Crippen molar-refractivity contribution in [3.63, 3.8) is 0 Å². The van der Waals surface area contributed by atoms with Crippen LogP contribution in [0.5, 0.6) is 0 Å². The maximum atomic E-state index is 12.8. The van der Waals surface area contributed by atoms with E-state index in [-0.39, 0.29) is 12.6 Å². The summed E-state index contributed by atoms with van der Waals surface area (Å²) < 4.78 is 54.4. The van der Waals surface area contributed by atoms with Gasteiger partial charge in [0.25, 0.3) is 0 Å². The normalized spacial score (nSPS) is 13.7. The van der Waals surface area contributed by atoms with Crippen LogP contribution >= 0.6 is 0 Å². The summed E-state index contributed by atoms with van der Waals surface area (Å²) in [7, 11) is 0. The van der Waals surface area contributed by atoms with Crippen molar-refractivity contribution in [2.24, 2.45) is 0 Å². The second-order valence-corrected chi connectivity index (χ2v) is 4.96. The summed E-state index contributed by atoms with van der Waals surface area (Å²) in [6, 6.07) is 7.54. The quantitative estimate of drug-likeness (QED) is 0.706. The molecule has 6 heteroatoms. The van der Waals surface area contributed by atoms with Crippen molar-refractivity contribution in [1.82, 2.24) is 5.32 Å². The van der Waals surface area contributed by atoms with Gasteiger partial charge >= 0.3 is 12.3 Å². The number of alkyl halides is 4. The molecule has 1 aromatic carbocycles. The molecule has 0 saturated heterocycles. The van der Waals surface area contributed by atoms with E-state index in [0.29, 0.717) is 13.0 Å². The Hall–Kier alpha value is -1.14. The zero-order valence-electron chi connectivity index (χ0n) is 12.2. The third kappa shape index (κ3) is 6.01. The van der Waals surface area contributed by atoms with Gasteiger partial charge in [-0.05, 0) is 31.0 Å². The highest BCUT2D eigenvalue weighted by Crippen LogP contribution is 2.23. The monoisotopic (exact) mass is 307 g/mol. The van der Waals surface area contributed by atoms with Gasteiger partial charge in [-0.15, -0.1) is 0 Å². The van der Waals surface area contributed by atoms with Crippen molar-refractivity contribution in [2.45, 2.75) is 38.7 Å². The van der Waals surface area contributed by atoms with Crippen LogP contribution in [0.2, 0.25) is 0 Å². The number of aryl methyl sites for hydroxylation is 1. The molecule has 1 rings (SSSR count). The molecular weight excluding hydrogens is 286 g/mol. The Kier molecular flexibility index (Phi) is 7.11. The first-order valence-corrected chi connectivity index (χ1v) is 6.88. The molecular formula is C15H21F4NO. The molecule has 0 saturated carbocycles. The van der Waals surface area contributed by atoms with Crippen molar-refractivity contribution in [2.75, 3.05) is 19.8 Å². The minimum atomic E-state index is -4.10. The molecule has 0 aliphatic carbocycles. The van der Waals surface area contributed by atoms with Gasteiger partial charge in [-0.3, -0.25) is 0 Å². The van der Waals surface area contributed by atoms with E-state index in [1.807, 2.05) is 38.1 Å². The Morgan fingerprint density at radius 1 is 1.24 bits per heavy atom. The number of likely N-dealkylation sites (N-methyl/N-ethyl adjacent to an activating group) is 1. The number of hydrogen-bond donors (Lipinski definition) is 1. The molecule has 1 N–H and O–H groups in total. The van der Waals surface area contributed by atoms with Crippen LogP contribution in [-0.4, -0.2) is 38.1 Å². The predicted molar refractivity (Wildman–Crippen MR) is 74.1 cm³/mol. The third-order valence-corrected chi connectivity index (χ3v) is 3.15. The van der Waals surface area contributed by atoms with Gasteiger partial charge in [0, 0.05) is 6.04 Å². The van der Waals surface area contributed by atoms with Crippen LogP contribution in [0, 0.1) is 6.92 Å². The third-order valence-electron chi connectivity index (χ3n) is 3.15. The molecule has 0 aromatic heterocycles. The first-order valence-electron chi connectivity index (χ1n) is 6.88. The molecule has 0 amide bonds. The van der Waals surface area contributed by atoms with E-state index in [1.54, 1.807) is 0 Å². The summed E-state index contributed by atoms with van der Waals surface area (Å²) in [6.07, 6.45) is -3.10. The molecule has 0 bridgehead atoms. The lowest BCUT2D eigenvalue weighted by atomic mass is 10.0. The number of halogens is 4. The molecule has 1 unspecified atom stereocenters. The van der Waals surface area contributed by atoms with Crippen LogP contribution in [0.1, 0.15) is 18.1 Å². The van der Waals surface area contributed by atoms with Crippen molar-refractivity contribution < 1.29 is 22.3 Å². The molecule has 1 aromatic rings. The summed E-state index contributed by atoms with van der Waals surface area (Å²) in [5.74, 6) is -4.10. The van der Waals surface area contributed by atoms with Gasteiger partial charge in [-0.2, -0.15) is 8.78 Å². The van der Waals surface area contributed by atoms with Crippen LogP contribution < -0.4 is 5.32 Å². The summed E-state index contributed by atoms with van der Waals surface area (Å²) in [5, 5.41) is 3.12. The first kappa shape index (κ1) is 17.9. The Morgan fingerprint density at radius 2 is 1.90 bits per heavy atom. The number of nitrogens with one attached hydrogen (secondary N) is 1. The van der Waals surface area contributed by atoms with Crippen molar-refractivity contribution in [1.29, 1.82) is 0 Å². The van der Waals surface area contributed by atoms with Gasteiger partial charge in [-0.25, -0.2) is 8.78 Å². The van der Waals surface area contributed by atoms with E-state index in [0.717, 1.165) is 11.1 Å². The van der Waals surface area contributed by atoms with Crippen LogP contribution in [0.15, 0.2) is 24.3 Å². The van der Waals surface area contributed by atoms with Gasteiger partial charge in [0.2, 0.25) is 0 Å². The number of hydrogen-bond acceptors (Lipinski definition) is 2. The van der Waals surface area contributed by atoms with E-state index in [9.17, 15) is 17.6 Å². The number of benzene rings is 1. The molecule has 120 valence electrons. The lowest BCUT2D eigenvalue weighted by molar-refractivity contribution is -0.167. The Balaban J connectivity index is 2.53. The van der Waals surface area contributed by atoms with Crippen LogP contribution in [0.25, 0.3) is 0 Å². The standard InChI is InChI=1S/C15H21F4NO/c1-3-20-13(8-12-7-5-4-6-11(12)2)9-21-10-15(18,19)14(16)17/h4-7,13-14,20H,3,8-10H2,1-2H3. The van der Waals surface area contributed by atoms with Gasteiger partial charge in [0.15, 0.2) is 0 Å². The smallest absolute Gasteiger partial charge is 0.330 e.